The standard InChI is InChI=1S/C13H18ClNS/c14-12-9-10(15)7-8-13(12)16-11-5-3-1-2-4-6-11/h7-9,11H,1-6,15H2. The molecule has 3 heteroatoms. The summed E-state index contributed by atoms with van der Waals surface area (Å²) < 4.78 is 0. The molecule has 0 aromatic heterocycles. The number of hydrogen-bond acceptors (Lipinski definition) is 2. The molecule has 16 heavy (non-hydrogen) atoms. The van der Waals surface area contributed by atoms with E-state index in [0.717, 1.165) is 16.0 Å². The van der Waals surface area contributed by atoms with Crippen molar-refractivity contribution in [3.8, 4) is 0 Å². The van der Waals surface area contributed by atoms with Crippen molar-refractivity contribution >= 4 is 29.1 Å². The molecule has 0 unspecified atom stereocenters. The van der Waals surface area contributed by atoms with Crippen LogP contribution >= 0.6 is 23.4 Å². The van der Waals surface area contributed by atoms with Crippen LogP contribution in [0.5, 0.6) is 0 Å². The third-order valence-electron chi connectivity index (χ3n) is 3.05. The van der Waals surface area contributed by atoms with Crippen LogP contribution in [0.3, 0.4) is 0 Å². The number of halogens is 1. The Kier molecular flexibility index (Phi) is 4.42. The van der Waals surface area contributed by atoms with E-state index in [1.807, 2.05) is 30.0 Å². The summed E-state index contributed by atoms with van der Waals surface area (Å²) in [6.07, 6.45) is 8.17. The molecule has 2 rings (SSSR count). The van der Waals surface area contributed by atoms with Crippen molar-refractivity contribution < 1.29 is 0 Å². The van der Waals surface area contributed by atoms with Crippen LogP contribution in [0.25, 0.3) is 0 Å². The second-order valence-corrected chi connectivity index (χ2v) is 6.17. The molecule has 0 heterocycles. The van der Waals surface area contributed by atoms with E-state index in [2.05, 4.69) is 0 Å². The van der Waals surface area contributed by atoms with Crippen LogP contribution in [0.1, 0.15) is 38.5 Å². The van der Waals surface area contributed by atoms with Gasteiger partial charge in [0.2, 0.25) is 0 Å². The summed E-state index contributed by atoms with van der Waals surface area (Å²) in [4.78, 5) is 1.18. The number of nitrogen functional groups attached to an aromatic ring is 1. The number of nitrogens with two attached hydrogens (primary N) is 1. The summed E-state index contributed by atoms with van der Waals surface area (Å²) in [5.41, 5.74) is 6.44. The Morgan fingerprint density at radius 3 is 2.44 bits per heavy atom. The quantitative estimate of drug-likeness (QED) is 0.610. The van der Waals surface area contributed by atoms with Gasteiger partial charge < -0.3 is 5.73 Å². The van der Waals surface area contributed by atoms with Gasteiger partial charge >= 0.3 is 0 Å². The van der Waals surface area contributed by atoms with Crippen LogP contribution in [0.2, 0.25) is 5.02 Å². The average molecular weight is 256 g/mol. The van der Waals surface area contributed by atoms with Gasteiger partial charge in [-0.1, -0.05) is 37.3 Å². The topological polar surface area (TPSA) is 26.0 Å². The molecular weight excluding hydrogens is 238 g/mol. The van der Waals surface area contributed by atoms with E-state index in [1.165, 1.54) is 43.4 Å². The minimum Gasteiger partial charge on any atom is -0.399 e. The highest BCUT2D eigenvalue weighted by Gasteiger charge is 2.14. The molecule has 2 N–H and O–H groups in total. The summed E-state index contributed by atoms with van der Waals surface area (Å²) in [5, 5.41) is 1.54. The fraction of sp³-hybridized carbons (Fsp3) is 0.538. The van der Waals surface area contributed by atoms with Gasteiger partial charge in [0, 0.05) is 15.8 Å². The first-order valence-corrected chi connectivity index (χ1v) is 7.23. The van der Waals surface area contributed by atoms with Gasteiger partial charge in [0.1, 0.15) is 0 Å². The second kappa shape index (κ2) is 5.83. The molecule has 0 radical (unpaired) electrons. The van der Waals surface area contributed by atoms with Gasteiger partial charge in [0.25, 0.3) is 0 Å². The van der Waals surface area contributed by atoms with Crippen molar-refractivity contribution in [2.45, 2.75) is 48.7 Å². The van der Waals surface area contributed by atoms with E-state index in [9.17, 15) is 0 Å². The predicted octanol–water partition coefficient (Wildman–Crippen LogP) is 4.74. The van der Waals surface area contributed by atoms with E-state index in [-0.39, 0.29) is 0 Å². The maximum Gasteiger partial charge on any atom is 0.0562 e. The van der Waals surface area contributed by atoms with Crippen molar-refractivity contribution in [3.05, 3.63) is 23.2 Å². The minimum absolute atomic E-state index is 0.739. The Hall–Kier alpha value is -0.340. The molecule has 1 aliphatic rings. The van der Waals surface area contributed by atoms with E-state index in [0.29, 0.717) is 0 Å². The maximum atomic E-state index is 6.19. The van der Waals surface area contributed by atoms with Gasteiger partial charge in [-0.05, 0) is 31.0 Å². The van der Waals surface area contributed by atoms with E-state index in [1.54, 1.807) is 0 Å². The van der Waals surface area contributed by atoms with Crippen LogP contribution in [0.4, 0.5) is 5.69 Å². The summed E-state index contributed by atoms with van der Waals surface area (Å²) >= 11 is 8.11. The van der Waals surface area contributed by atoms with Gasteiger partial charge in [-0.25, -0.2) is 0 Å². The number of hydrogen-bond donors (Lipinski definition) is 1. The third kappa shape index (κ3) is 3.33. The van der Waals surface area contributed by atoms with Gasteiger partial charge in [-0.15, -0.1) is 11.8 Å². The molecule has 0 bridgehead atoms. The normalized spacial score (nSPS) is 18.3. The number of anilines is 1. The highest BCUT2D eigenvalue weighted by molar-refractivity contribution is 8.00. The predicted molar refractivity (Wildman–Crippen MR) is 73.2 cm³/mol. The van der Waals surface area contributed by atoms with Gasteiger partial charge in [0.15, 0.2) is 0 Å². The van der Waals surface area contributed by atoms with Crippen LogP contribution in [-0.2, 0) is 0 Å². The lowest BCUT2D eigenvalue weighted by atomic mass is 10.2. The molecule has 1 fully saturated rings. The molecule has 1 saturated carbocycles. The molecule has 1 aromatic rings. The zero-order chi connectivity index (χ0) is 11.4. The Morgan fingerprint density at radius 1 is 1.12 bits per heavy atom. The Labute approximate surface area is 107 Å². The Morgan fingerprint density at radius 2 is 1.81 bits per heavy atom. The lowest BCUT2D eigenvalue weighted by Gasteiger charge is -2.14. The lowest BCUT2D eigenvalue weighted by Crippen LogP contribution is -2.00. The molecular formula is C13H18ClNS. The molecule has 0 saturated heterocycles. The van der Waals surface area contributed by atoms with E-state index in [4.69, 9.17) is 17.3 Å². The lowest BCUT2D eigenvalue weighted by molar-refractivity contribution is 0.702. The maximum absolute atomic E-state index is 6.19. The highest BCUT2D eigenvalue weighted by atomic mass is 35.5. The third-order valence-corrected chi connectivity index (χ3v) is 4.89. The van der Waals surface area contributed by atoms with Crippen molar-refractivity contribution in [1.82, 2.24) is 0 Å². The molecule has 88 valence electrons. The fourth-order valence-corrected chi connectivity index (χ4v) is 3.72. The molecule has 0 amide bonds. The van der Waals surface area contributed by atoms with Gasteiger partial charge in [-0.3, -0.25) is 0 Å². The summed E-state index contributed by atoms with van der Waals surface area (Å²) in [7, 11) is 0. The zero-order valence-electron chi connectivity index (χ0n) is 9.42. The summed E-state index contributed by atoms with van der Waals surface area (Å²) in [6, 6.07) is 5.83. The van der Waals surface area contributed by atoms with Crippen LogP contribution in [0, 0.1) is 0 Å². The first kappa shape index (κ1) is 12.1. The monoisotopic (exact) mass is 255 g/mol. The SMILES string of the molecule is Nc1ccc(SC2CCCCCC2)c(Cl)c1. The molecule has 0 aliphatic heterocycles. The number of rotatable bonds is 2. The van der Waals surface area contributed by atoms with Crippen molar-refractivity contribution in [2.75, 3.05) is 5.73 Å². The van der Waals surface area contributed by atoms with Crippen molar-refractivity contribution in [1.29, 1.82) is 0 Å². The van der Waals surface area contributed by atoms with Crippen molar-refractivity contribution in [3.63, 3.8) is 0 Å². The van der Waals surface area contributed by atoms with Gasteiger partial charge in [0.05, 0.1) is 5.02 Å². The molecule has 0 atom stereocenters. The number of thioether (sulfide) groups is 1. The summed E-state index contributed by atoms with van der Waals surface area (Å²) in [6.45, 7) is 0. The summed E-state index contributed by atoms with van der Waals surface area (Å²) in [5.74, 6) is 0. The molecule has 1 nitrogen and oxygen atoms in total. The first-order valence-electron chi connectivity index (χ1n) is 5.97. The van der Waals surface area contributed by atoms with E-state index >= 15 is 0 Å². The van der Waals surface area contributed by atoms with Gasteiger partial charge in [-0.2, -0.15) is 0 Å². The average Bonchev–Trinajstić information content (AvgIpc) is 2.51. The fourth-order valence-electron chi connectivity index (χ4n) is 2.15. The smallest absolute Gasteiger partial charge is 0.0562 e. The highest BCUT2D eigenvalue weighted by Crippen LogP contribution is 2.36. The largest absolute Gasteiger partial charge is 0.399 e. The second-order valence-electron chi connectivity index (χ2n) is 4.42. The van der Waals surface area contributed by atoms with Crippen molar-refractivity contribution in [2.24, 2.45) is 0 Å². The molecule has 1 aromatic carbocycles. The first-order chi connectivity index (χ1) is 7.75. The van der Waals surface area contributed by atoms with Crippen LogP contribution in [0.15, 0.2) is 23.1 Å². The minimum atomic E-state index is 0.739. The molecule has 1 aliphatic carbocycles. The van der Waals surface area contributed by atoms with Crippen LogP contribution in [-0.4, -0.2) is 5.25 Å². The Balaban J connectivity index is 2.01. The molecule has 0 spiro atoms. The number of benzene rings is 1. The Bertz CT molecular complexity index is 346. The zero-order valence-corrected chi connectivity index (χ0v) is 11.0. The van der Waals surface area contributed by atoms with Crippen LogP contribution < -0.4 is 5.73 Å². The van der Waals surface area contributed by atoms with E-state index < -0.39 is 0 Å².